The fraction of sp³-hybridized carbons (Fsp3) is 0.552. The fourth-order valence-corrected chi connectivity index (χ4v) is 7.15. The Hall–Kier alpha value is -2.97. The number of methoxy groups -OCH3 is 1. The van der Waals surface area contributed by atoms with Crippen LogP contribution in [0.1, 0.15) is 68.2 Å². The molecule has 0 radical (unpaired) electrons. The topological polar surface area (TPSA) is 80.6 Å². The maximum absolute atomic E-state index is 5.64. The largest absolute Gasteiger partial charge is 0.493 e. The monoisotopic (exact) mass is 500 g/mol. The average Bonchev–Trinajstić information content (AvgIpc) is 3.48. The summed E-state index contributed by atoms with van der Waals surface area (Å²) in [6, 6.07) is 2.79. The number of nitrogens with zero attached hydrogens (tertiary/aromatic N) is 5. The molecule has 1 N–H and O–H groups in total. The highest BCUT2D eigenvalue weighted by atomic mass is 16.5. The maximum Gasteiger partial charge on any atom is 0.197 e. The number of nitrogens with one attached hydrogen (secondary N) is 1. The summed E-state index contributed by atoms with van der Waals surface area (Å²) < 4.78 is 12.9. The number of aromatic amines is 1. The maximum atomic E-state index is 5.64. The Bertz CT molecular complexity index is 1470. The fourth-order valence-electron chi connectivity index (χ4n) is 7.15. The van der Waals surface area contributed by atoms with Crippen molar-refractivity contribution in [3.63, 3.8) is 0 Å². The number of aromatic nitrogens is 5. The van der Waals surface area contributed by atoms with Crippen molar-refractivity contribution in [1.29, 1.82) is 0 Å². The summed E-state index contributed by atoms with van der Waals surface area (Å²) in [5.74, 6) is 1.60. The van der Waals surface area contributed by atoms with Crippen molar-refractivity contribution in [2.75, 3.05) is 33.4 Å². The van der Waals surface area contributed by atoms with E-state index in [1.54, 1.807) is 18.0 Å². The van der Waals surface area contributed by atoms with E-state index in [2.05, 4.69) is 53.0 Å². The van der Waals surface area contributed by atoms with Crippen molar-refractivity contribution in [2.45, 2.75) is 64.3 Å². The van der Waals surface area contributed by atoms with Crippen LogP contribution < -0.4 is 4.74 Å². The van der Waals surface area contributed by atoms with Gasteiger partial charge in [-0.25, -0.2) is 9.50 Å². The Morgan fingerprint density at radius 3 is 2.59 bits per heavy atom. The van der Waals surface area contributed by atoms with Crippen molar-refractivity contribution >= 4 is 16.6 Å². The molecule has 6 heterocycles. The molecule has 0 aromatic carbocycles. The van der Waals surface area contributed by atoms with Crippen molar-refractivity contribution in [1.82, 2.24) is 29.5 Å². The van der Waals surface area contributed by atoms with Crippen molar-refractivity contribution < 1.29 is 9.47 Å². The zero-order chi connectivity index (χ0) is 25.3. The van der Waals surface area contributed by atoms with Gasteiger partial charge in [0.2, 0.25) is 0 Å². The Kier molecular flexibility index (Phi) is 5.34. The van der Waals surface area contributed by atoms with E-state index in [1.807, 2.05) is 6.20 Å². The first-order valence-corrected chi connectivity index (χ1v) is 13.7. The number of likely N-dealkylation sites (tertiary alicyclic amines) is 1. The zero-order valence-corrected chi connectivity index (χ0v) is 22.3. The van der Waals surface area contributed by atoms with Crippen LogP contribution in [0, 0.1) is 12.3 Å². The number of rotatable bonds is 5. The molecule has 4 aromatic rings. The Morgan fingerprint density at radius 1 is 1.14 bits per heavy atom. The second-order valence-electron chi connectivity index (χ2n) is 11.9. The molecule has 3 fully saturated rings. The lowest BCUT2D eigenvalue weighted by atomic mass is 9.74. The number of H-pyrrole nitrogens is 1. The minimum atomic E-state index is 0.347. The number of hydrogen-bond acceptors (Lipinski definition) is 6. The molecule has 2 saturated heterocycles. The molecule has 1 aliphatic carbocycles. The second-order valence-corrected chi connectivity index (χ2v) is 11.9. The van der Waals surface area contributed by atoms with E-state index in [-0.39, 0.29) is 0 Å². The molecule has 0 atom stereocenters. The van der Waals surface area contributed by atoms with Crippen LogP contribution in [-0.4, -0.2) is 68.9 Å². The van der Waals surface area contributed by atoms with Crippen LogP contribution in [0.3, 0.4) is 0 Å². The minimum Gasteiger partial charge on any atom is -0.493 e. The van der Waals surface area contributed by atoms with E-state index >= 15 is 0 Å². The highest BCUT2D eigenvalue weighted by Crippen LogP contribution is 2.45. The summed E-state index contributed by atoms with van der Waals surface area (Å²) in [7, 11) is 1.68. The normalized spacial score (nSPS) is 23.6. The predicted octanol–water partition coefficient (Wildman–Crippen LogP) is 5.07. The van der Waals surface area contributed by atoms with Crippen LogP contribution in [0.4, 0.5) is 0 Å². The standard InChI is InChI=1S/C29H36N6O2/c1-17(2)24-25-18(3)26(19-5-7-21(8-6-19)34-12-29(13-34)14-37-15-29)30-10-22(25)33-27(24)20-9-23(36-4)28-31-16-32-35(28)11-20/h9-11,16-17,19,21,33H,5-8,12-15H2,1-4H3. The summed E-state index contributed by atoms with van der Waals surface area (Å²) in [6.45, 7) is 11.2. The van der Waals surface area contributed by atoms with Crippen molar-refractivity contribution in [3.05, 3.63) is 41.6 Å². The van der Waals surface area contributed by atoms with Crippen molar-refractivity contribution in [2.24, 2.45) is 5.41 Å². The molecule has 37 heavy (non-hydrogen) atoms. The molecule has 1 saturated carbocycles. The van der Waals surface area contributed by atoms with E-state index < -0.39 is 0 Å². The van der Waals surface area contributed by atoms with E-state index in [0.29, 0.717) is 23.0 Å². The lowest BCUT2D eigenvalue weighted by Gasteiger charge is -2.58. The number of pyridine rings is 2. The molecular weight excluding hydrogens is 464 g/mol. The van der Waals surface area contributed by atoms with Crippen LogP contribution in [0.15, 0.2) is 24.8 Å². The molecule has 8 nitrogen and oxygen atoms in total. The molecule has 194 valence electrons. The molecule has 7 rings (SSSR count). The molecule has 0 amide bonds. The summed E-state index contributed by atoms with van der Waals surface area (Å²) in [6.07, 6.45) is 10.6. The minimum absolute atomic E-state index is 0.347. The quantitative estimate of drug-likeness (QED) is 0.412. The van der Waals surface area contributed by atoms with Crippen LogP contribution in [0.5, 0.6) is 5.75 Å². The van der Waals surface area contributed by atoms with Crippen LogP contribution >= 0.6 is 0 Å². The third kappa shape index (κ3) is 3.60. The third-order valence-corrected chi connectivity index (χ3v) is 9.08. The first kappa shape index (κ1) is 23.2. The van der Waals surface area contributed by atoms with Crippen LogP contribution in [0.2, 0.25) is 0 Å². The highest BCUT2D eigenvalue weighted by Gasteiger charge is 2.50. The molecule has 0 bridgehead atoms. The first-order chi connectivity index (χ1) is 18.0. The number of aryl methyl sites for hydroxylation is 1. The van der Waals surface area contributed by atoms with E-state index in [1.165, 1.54) is 61.0 Å². The smallest absolute Gasteiger partial charge is 0.197 e. The average molecular weight is 501 g/mol. The number of hydrogen-bond donors (Lipinski definition) is 1. The molecule has 1 spiro atoms. The Balaban J connectivity index is 1.21. The van der Waals surface area contributed by atoms with Gasteiger partial charge < -0.3 is 14.5 Å². The van der Waals surface area contributed by atoms with Gasteiger partial charge in [0.15, 0.2) is 11.4 Å². The Labute approximate surface area is 217 Å². The predicted molar refractivity (Wildman–Crippen MR) is 143 cm³/mol. The molecule has 0 unspecified atom stereocenters. The van der Waals surface area contributed by atoms with Gasteiger partial charge in [0.1, 0.15) is 6.33 Å². The SMILES string of the molecule is COc1cc(-c2[nH]c3cnc(C4CCC(N5CC6(COC6)C5)CC4)c(C)c3c2C(C)C)cn2ncnc12. The first-order valence-electron chi connectivity index (χ1n) is 13.7. The third-order valence-electron chi connectivity index (χ3n) is 9.08. The Morgan fingerprint density at radius 2 is 1.92 bits per heavy atom. The zero-order valence-electron chi connectivity index (χ0n) is 22.3. The molecular formula is C29H36N6O2. The van der Waals surface area contributed by atoms with Gasteiger partial charge in [0, 0.05) is 53.3 Å². The summed E-state index contributed by atoms with van der Waals surface area (Å²) in [4.78, 5) is 15.8. The van der Waals surface area contributed by atoms with Gasteiger partial charge in [0.25, 0.3) is 0 Å². The van der Waals surface area contributed by atoms with E-state index in [0.717, 1.165) is 41.7 Å². The van der Waals surface area contributed by atoms with Crippen LogP contribution in [0.25, 0.3) is 27.8 Å². The van der Waals surface area contributed by atoms with Gasteiger partial charge in [-0.1, -0.05) is 13.8 Å². The lowest BCUT2D eigenvalue weighted by Crippen LogP contribution is -2.68. The molecule has 4 aromatic heterocycles. The van der Waals surface area contributed by atoms with Gasteiger partial charge in [-0.15, -0.1) is 0 Å². The van der Waals surface area contributed by atoms with Crippen LogP contribution in [-0.2, 0) is 4.74 Å². The second kappa shape index (κ2) is 8.53. The van der Waals surface area contributed by atoms with Gasteiger partial charge in [0.05, 0.1) is 37.7 Å². The van der Waals surface area contributed by atoms with Gasteiger partial charge in [-0.2, -0.15) is 5.10 Å². The van der Waals surface area contributed by atoms with Gasteiger partial charge >= 0.3 is 0 Å². The molecule has 8 heteroatoms. The number of ether oxygens (including phenoxy) is 2. The molecule has 3 aliphatic rings. The summed E-state index contributed by atoms with van der Waals surface area (Å²) in [5.41, 5.74) is 8.42. The molecule has 2 aliphatic heterocycles. The number of fused-ring (bicyclic) bond motifs is 2. The van der Waals surface area contributed by atoms with E-state index in [9.17, 15) is 0 Å². The van der Waals surface area contributed by atoms with Gasteiger partial charge in [-0.3, -0.25) is 9.88 Å². The van der Waals surface area contributed by atoms with E-state index in [4.69, 9.17) is 14.5 Å². The lowest BCUT2D eigenvalue weighted by molar-refractivity contribution is -0.200. The summed E-state index contributed by atoms with van der Waals surface area (Å²) >= 11 is 0. The van der Waals surface area contributed by atoms with Crippen molar-refractivity contribution in [3.8, 4) is 17.0 Å². The highest BCUT2D eigenvalue weighted by molar-refractivity contribution is 5.94. The van der Waals surface area contributed by atoms with Gasteiger partial charge in [-0.05, 0) is 55.7 Å². The summed E-state index contributed by atoms with van der Waals surface area (Å²) in [5, 5.41) is 5.69.